The van der Waals surface area contributed by atoms with E-state index in [1.807, 2.05) is 60.3 Å². The molecule has 1 aliphatic rings. The predicted molar refractivity (Wildman–Crippen MR) is 139 cm³/mol. The van der Waals surface area contributed by atoms with Gasteiger partial charge in [-0.2, -0.15) is 0 Å². The first kappa shape index (κ1) is 24.7. The van der Waals surface area contributed by atoms with Crippen LogP contribution in [0.1, 0.15) is 28.9 Å². The van der Waals surface area contributed by atoms with E-state index >= 15 is 0 Å². The molecule has 0 saturated carbocycles. The summed E-state index contributed by atoms with van der Waals surface area (Å²) in [5.74, 6) is 1.77. The molecule has 0 spiro atoms. The second-order valence-corrected chi connectivity index (χ2v) is 8.90. The molecule has 7 heteroatoms. The highest BCUT2D eigenvalue weighted by atomic mass is 16.5. The zero-order valence-electron chi connectivity index (χ0n) is 20.8. The Kier molecular flexibility index (Phi) is 8.68. The van der Waals surface area contributed by atoms with Crippen molar-refractivity contribution in [2.24, 2.45) is 7.05 Å². The van der Waals surface area contributed by atoms with Gasteiger partial charge in [0.05, 0.1) is 12.8 Å². The van der Waals surface area contributed by atoms with Crippen molar-refractivity contribution in [3.05, 3.63) is 78.1 Å². The Hall–Kier alpha value is -3.45. The highest BCUT2D eigenvalue weighted by Crippen LogP contribution is 2.29. The second kappa shape index (κ2) is 12.3. The molecule has 0 unspecified atom stereocenters. The maximum Gasteiger partial charge on any atom is 0.267 e. The second-order valence-electron chi connectivity index (χ2n) is 8.90. The van der Waals surface area contributed by atoms with E-state index < -0.39 is 0 Å². The number of methoxy groups -OCH3 is 1. The molecule has 1 amide bonds. The van der Waals surface area contributed by atoms with E-state index in [1.165, 1.54) is 0 Å². The number of aromatic nitrogens is 1. The van der Waals surface area contributed by atoms with Crippen molar-refractivity contribution in [3.8, 4) is 11.5 Å². The Balaban J connectivity index is 1.18. The number of anilines is 1. The lowest BCUT2D eigenvalue weighted by molar-refractivity contribution is 0.0944. The summed E-state index contributed by atoms with van der Waals surface area (Å²) in [4.78, 5) is 17.1. The van der Waals surface area contributed by atoms with E-state index in [2.05, 4.69) is 33.3 Å². The van der Waals surface area contributed by atoms with Gasteiger partial charge in [0.2, 0.25) is 0 Å². The molecular weight excluding hydrogens is 440 g/mol. The summed E-state index contributed by atoms with van der Waals surface area (Å²) in [5, 5.41) is 3.02. The zero-order chi connectivity index (χ0) is 24.5. The van der Waals surface area contributed by atoms with Crippen LogP contribution in [-0.2, 0) is 13.7 Å². The number of unbranched alkanes of at least 4 members (excludes halogenated alkanes) is 1. The largest absolute Gasteiger partial charge is 0.497 e. The number of aryl methyl sites for hydroxylation is 1. The quantitative estimate of drug-likeness (QED) is 0.425. The van der Waals surface area contributed by atoms with E-state index in [0.717, 1.165) is 68.3 Å². The van der Waals surface area contributed by atoms with E-state index in [-0.39, 0.29) is 5.91 Å². The van der Waals surface area contributed by atoms with Gasteiger partial charge in [-0.15, -0.1) is 0 Å². The Morgan fingerprint density at radius 1 is 0.943 bits per heavy atom. The summed E-state index contributed by atoms with van der Waals surface area (Å²) in [6.07, 6.45) is 3.95. The number of carbonyl (C=O) groups excluding carboxylic acids is 1. The van der Waals surface area contributed by atoms with Gasteiger partial charge >= 0.3 is 0 Å². The third kappa shape index (κ3) is 6.79. The molecule has 186 valence electrons. The summed E-state index contributed by atoms with van der Waals surface area (Å²) >= 11 is 0. The lowest BCUT2D eigenvalue weighted by Gasteiger charge is -2.36. The first-order valence-electron chi connectivity index (χ1n) is 12.4. The van der Waals surface area contributed by atoms with Crippen LogP contribution in [0, 0.1) is 0 Å². The average Bonchev–Trinajstić information content (AvgIpc) is 3.34. The van der Waals surface area contributed by atoms with Crippen molar-refractivity contribution in [1.82, 2.24) is 14.8 Å². The van der Waals surface area contributed by atoms with Gasteiger partial charge in [-0.1, -0.05) is 24.3 Å². The summed E-state index contributed by atoms with van der Waals surface area (Å²) in [5.41, 5.74) is 2.98. The maximum atomic E-state index is 12.2. The Morgan fingerprint density at radius 3 is 2.43 bits per heavy atom. The van der Waals surface area contributed by atoms with E-state index in [1.54, 1.807) is 7.11 Å². The number of hydrogen-bond acceptors (Lipinski definition) is 5. The number of nitrogens with zero attached hydrogens (tertiary/aromatic N) is 3. The van der Waals surface area contributed by atoms with Crippen LogP contribution in [0.4, 0.5) is 5.69 Å². The Morgan fingerprint density at radius 2 is 1.71 bits per heavy atom. The maximum absolute atomic E-state index is 12.2. The van der Waals surface area contributed by atoms with Crippen molar-refractivity contribution < 1.29 is 14.3 Å². The third-order valence-corrected chi connectivity index (χ3v) is 6.49. The SMILES string of the molecule is COc1ccc(COc2ccccc2N2CCN(CCCCNC(=O)c3cccn3C)CC2)cc1. The van der Waals surface area contributed by atoms with Crippen LogP contribution in [0.5, 0.6) is 11.5 Å². The number of nitrogens with one attached hydrogen (secondary N) is 1. The minimum absolute atomic E-state index is 0.000936. The number of hydrogen-bond donors (Lipinski definition) is 1. The number of amides is 1. The van der Waals surface area contributed by atoms with E-state index in [4.69, 9.17) is 9.47 Å². The van der Waals surface area contributed by atoms with Crippen LogP contribution in [0.25, 0.3) is 0 Å². The zero-order valence-corrected chi connectivity index (χ0v) is 20.8. The average molecular weight is 477 g/mol. The number of para-hydroxylation sites is 2. The van der Waals surface area contributed by atoms with Crippen LogP contribution in [0.15, 0.2) is 66.9 Å². The minimum Gasteiger partial charge on any atom is -0.497 e. The monoisotopic (exact) mass is 476 g/mol. The number of piperazine rings is 1. The van der Waals surface area contributed by atoms with Crippen molar-refractivity contribution in [1.29, 1.82) is 0 Å². The molecule has 1 aliphatic heterocycles. The van der Waals surface area contributed by atoms with E-state index in [0.29, 0.717) is 18.8 Å². The summed E-state index contributed by atoms with van der Waals surface area (Å²) in [7, 11) is 3.56. The molecule has 2 heterocycles. The van der Waals surface area contributed by atoms with Crippen LogP contribution in [0.3, 0.4) is 0 Å². The molecule has 1 aromatic heterocycles. The van der Waals surface area contributed by atoms with Crippen LogP contribution >= 0.6 is 0 Å². The molecule has 7 nitrogen and oxygen atoms in total. The summed E-state index contributed by atoms with van der Waals surface area (Å²) < 4.78 is 13.3. The predicted octanol–water partition coefficient (Wildman–Crippen LogP) is 3.94. The Bertz CT molecular complexity index is 1070. The van der Waals surface area contributed by atoms with Gasteiger partial charge in [0.1, 0.15) is 23.8 Å². The molecule has 2 aromatic carbocycles. The molecule has 0 bridgehead atoms. The van der Waals surface area contributed by atoms with Gasteiger partial charge in [0.15, 0.2) is 0 Å². The minimum atomic E-state index is -0.000936. The fourth-order valence-electron chi connectivity index (χ4n) is 4.39. The first-order valence-corrected chi connectivity index (χ1v) is 12.4. The molecule has 3 aromatic rings. The molecule has 1 fully saturated rings. The van der Waals surface area contributed by atoms with Gasteiger partial charge in [0.25, 0.3) is 5.91 Å². The van der Waals surface area contributed by atoms with Gasteiger partial charge in [-0.3, -0.25) is 9.69 Å². The lowest BCUT2D eigenvalue weighted by atomic mass is 10.2. The van der Waals surface area contributed by atoms with Crippen molar-refractivity contribution in [2.75, 3.05) is 51.3 Å². The molecule has 1 saturated heterocycles. The molecule has 0 radical (unpaired) electrons. The highest BCUT2D eigenvalue weighted by molar-refractivity contribution is 5.92. The molecule has 4 rings (SSSR count). The Labute approximate surface area is 208 Å². The van der Waals surface area contributed by atoms with Crippen molar-refractivity contribution in [2.45, 2.75) is 19.4 Å². The number of carbonyl (C=O) groups is 1. The van der Waals surface area contributed by atoms with Gasteiger partial charge < -0.3 is 24.3 Å². The van der Waals surface area contributed by atoms with Crippen LogP contribution in [0.2, 0.25) is 0 Å². The van der Waals surface area contributed by atoms with E-state index in [9.17, 15) is 4.79 Å². The molecule has 0 atom stereocenters. The molecule has 1 N–H and O–H groups in total. The third-order valence-electron chi connectivity index (χ3n) is 6.49. The lowest BCUT2D eigenvalue weighted by Crippen LogP contribution is -2.46. The van der Waals surface area contributed by atoms with Crippen LogP contribution < -0.4 is 19.7 Å². The standard InChI is InChI=1S/C28H36N4O3/c1-30-16-7-9-26(30)28(33)29-15-5-6-17-31-18-20-32(21-19-31)25-8-3-4-10-27(25)35-22-23-11-13-24(34-2)14-12-23/h3-4,7-14,16H,5-6,15,17-22H2,1-2H3,(H,29,33). The van der Waals surface area contributed by atoms with Crippen molar-refractivity contribution in [3.63, 3.8) is 0 Å². The highest BCUT2D eigenvalue weighted by Gasteiger charge is 2.19. The fraction of sp³-hybridized carbons (Fsp3) is 0.393. The van der Waals surface area contributed by atoms with Crippen LogP contribution in [-0.4, -0.2) is 61.8 Å². The summed E-state index contributed by atoms with van der Waals surface area (Å²) in [6.45, 7) is 6.32. The molecule has 0 aliphatic carbocycles. The fourth-order valence-corrected chi connectivity index (χ4v) is 4.39. The topological polar surface area (TPSA) is 59.0 Å². The summed E-state index contributed by atoms with van der Waals surface area (Å²) in [6, 6.07) is 20.0. The molecular formula is C28H36N4O3. The first-order chi connectivity index (χ1) is 17.1. The van der Waals surface area contributed by atoms with Gasteiger partial charge in [-0.25, -0.2) is 0 Å². The number of rotatable bonds is 11. The number of ether oxygens (including phenoxy) is 2. The number of benzene rings is 2. The smallest absolute Gasteiger partial charge is 0.267 e. The van der Waals surface area contributed by atoms with Crippen molar-refractivity contribution >= 4 is 11.6 Å². The normalized spacial score (nSPS) is 14.1. The molecule has 35 heavy (non-hydrogen) atoms. The van der Waals surface area contributed by atoms with Gasteiger partial charge in [-0.05, 0) is 61.3 Å². The van der Waals surface area contributed by atoms with Gasteiger partial charge in [0, 0.05) is 46.0 Å².